The Balaban J connectivity index is 1.49. The number of nitrogens with one attached hydrogen (secondary N) is 2. The van der Waals surface area contributed by atoms with Crippen molar-refractivity contribution in [3.63, 3.8) is 0 Å². The van der Waals surface area contributed by atoms with Gasteiger partial charge in [-0.1, -0.05) is 24.3 Å². The van der Waals surface area contributed by atoms with E-state index in [-0.39, 0.29) is 17.8 Å². The van der Waals surface area contributed by atoms with Crippen LogP contribution in [0.4, 0.5) is 10.5 Å². The predicted molar refractivity (Wildman–Crippen MR) is 107 cm³/mol. The van der Waals surface area contributed by atoms with Crippen molar-refractivity contribution in [1.82, 2.24) is 20.2 Å². The fraction of sp³-hybridized carbons (Fsp3) is 0.300. The zero-order valence-corrected chi connectivity index (χ0v) is 15.9. The molecule has 0 radical (unpaired) electrons. The second-order valence-corrected chi connectivity index (χ2v) is 6.68. The number of carbonyl (C=O) groups excluding carboxylic acids is 1. The summed E-state index contributed by atoms with van der Waals surface area (Å²) in [6.07, 6.45) is 1.49. The number of rotatable bonds is 7. The van der Waals surface area contributed by atoms with Crippen LogP contribution in [0.25, 0.3) is 11.0 Å². The van der Waals surface area contributed by atoms with Crippen molar-refractivity contribution >= 4 is 22.8 Å². The second kappa shape index (κ2) is 8.51. The van der Waals surface area contributed by atoms with Gasteiger partial charge in [0.1, 0.15) is 5.82 Å². The minimum Gasteiger partial charge on any atom is -0.342 e. The number of non-ortho nitro benzene ring substituents is 1. The fourth-order valence-electron chi connectivity index (χ4n) is 3.00. The summed E-state index contributed by atoms with van der Waals surface area (Å²) in [5.41, 5.74) is 2.68. The number of aromatic amines is 1. The van der Waals surface area contributed by atoms with E-state index in [0.717, 1.165) is 29.7 Å². The van der Waals surface area contributed by atoms with Gasteiger partial charge < -0.3 is 15.2 Å². The number of amides is 2. The van der Waals surface area contributed by atoms with Crippen molar-refractivity contribution in [3.05, 3.63) is 70.0 Å². The lowest BCUT2D eigenvalue weighted by Crippen LogP contribution is -2.39. The highest BCUT2D eigenvalue weighted by molar-refractivity contribution is 5.75. The van der Waals surface area contributed by atoms with Crippen molar-refractivity contribution < 1.29 is 9.72 Å². The molecule has 0 saturated heterocycles. The van der Waals surface area contributed by atoms with Gasteiger partial charge in [-0.25, -0.2) is 9.78 Å². The van der Waals surface area contributed by atoms with E-state index in [1.54, 1.807) is 24.1 Å². The first-order valence-corrected chi connectivity index (χ1v) is 9.14. The lowest BCUT2D eigenvalue weighted by Gasteiger charge is -2.25. The number of urea groups is 1. The Kier molecular flexibility index (Phi) is 5.88. The Morgan fingerprint density at radius 3 is 2.82 bits per heavy atom. The van der Waals surface area contributed by atoms with Gasteiger partial charge in [0.15, 0.2) is 0 Å². The van der Waals surface area contributed by atoms with Gasteiger partial charge in [-0.3, -0.25) is 10.1 Å². The maximum atomic E-state index is 12.4. The molecular formula is C20H23N5O3. The summed E-state index contributed by atoms with van der Waals surface area (Å²) in [7, 11) is 1.68. The molecule has 1 aromatic heterocycles. The third kappa shape index (κ3) is 4.46. The predicted octanol–water partition coefficient (Wildman–Crippen LogP) is 3.81. The molecule has 8 nitrogen and oxygen atoms in total. The zero-order chi connectivity index (χ0) is 20.1. The number of imidazole rings is 1. The largest absolute Gasteiger partial charge is 0.342 e. The number of aryl methyl sites for hydroxylation is 1. The third-order valence-electron chi connectivity index (χ3n) is 4.77. The molecule has 2 amide bonds. The number of H-pyrrole nitrogens is 1. The molecule has 28 heavy (non-hydrogen) atoms. The van der Waals surface area contributed by atoms with Gasteiger partial charge in [0.2, 0.25) is 0 Å². The van der Waals surface area contributed by atoms with E-state index in [2.05, 4.69) is 15.3 Å². The average molecular weight is 381 g/mol. The van der Waals surface area contributed by atoms with Crippen molar-refractivity contribution in [2.24, 2.45) is 0 Å². The average Bonchev–Trinajstić information content (AvgIpc) is 3.12. The first-order valence-electron chi connectivity index (χ1n) is 9.14. The molecule has 0 aliphatic heterocycles. The Hall–Kier alpha value is -3.42. The topological polar surface area (TPSA) is 104 Å². The number of benzene rings is 2. The van der Waals surface area contributed by atoms with Crippen LogP contribution in [0.2, 0.25) is 0 Å². The molecule has 3 rings (SSSR count). The molecule has 2 N–H and O–H groups in total. The number of nitro benzene ring substituents is 1. The summed E-state index contributed by atoms with van der Waals surface area (Å²) in [4.78, 5) is 32.2. The van der Waals surface area contributed by atoms with E-state index in [1.807, 2.05) is 31.2 Å². The van der Waals surface area contributed by atoms with Gasteiger partial charge in [0.25, 0.3) is 5.69 Å². The Labute approximate surface area is 162 Å². The van der Waals surface area contributed by atoms with Crippen LogP contribution in [-0.4, -0.2) is 39.4 Å². The van der Waals surface area contributed by atoms with Crippen molar-refractivity contribution in [3.8, 4) is 0 Å². The molecule has 0 fully saturated rings. The Morgan fingerprint density at radius 2 is 2.07 bits per heavy atom. The smallest absolute Gasteiger partial charge is 0.317 e. The molecule has 1 atom stereocenters. The highest BCUT2D eigenvalue weighted by Crippen LogP contribution is 2.23. The summed E-state index contributed by atoms with van der Waals surface area (Å²) < 4.78 is 0. The number of nitro groups is 1. The quantitative estimate of drug-likeness (QED) is 0.369. The van der Waals surface area contributed by atoms with E-state index < -0.39 is 4.92 Å². The van der Waals surface area contributed by atoms with Crippen LogP contribution >= 0.6 is 0 Å². The lowest BCUT2D eigenvalue weighted by molar-refractivity contribution is -0.384. The molecule has 0 saturated carbocycles. The number of fused-ring (bicyclic) bond motifs is 1. The third-order valence-corrected chi connectivity index (χ3v) is 4.77. The molecule has 3 aromatic rings. The van der Waals surface area contributed by atoms with Gasteiger partial charge >= 0.3 is 6.03 Å². The summed E-state index contributed by atoms with van der Waals surface area (Å²) in [5, 5.41) is 13.8. The summed E-state index contributed by atoms with van der Waals surface area (Å²) >= 11 is 0. The van der Waals surface area contributed by atoms with Gasteiger partial charge in [-0.15, -0.1) is 0 Å². The Bertz CT molecular complexity index is 952. The number of hydrogen-bond donors (Lipinski definition) is 2. The highest BCUT2D eigenvalue weighted by atomic mass is 16.6. The molecule has 0 unspecified atom stereocenters. The van der Waals surface area contributed by atoms with E-state index in [4.69, 9.17) is 0 Å². The van der Waals surface area contributed by atoms with Gasteiger partial charge in [0.05, 0.1) is 22.0 Å². The van der Waals surface area contributed by atoms with Crippen molar-refractivity contribution in [2.45, 2.75) is 25.8 Å². The minimum atomic E-state index is -0.436. The summed E-state index contributed by atoms with van der Waals surface area (Å²) in [6, 6.07) is 13.7. The molecular weight excluding hydrogens is 358 g/mol. The first-order chi connectivity index (χ1) is 13.5. The van der Waals surface area contributed by atoms with Crippen LogP contribution in [0.15, 0.2) is 48.5 Å². The molecule has 1 heterocycles. The van der Waals surface area contributed by atoms with Gasteiger partial charge in [-0.05, 0) is 31.0 Å². The molecule has 0 spiro atoms. The molecule has 0 bridgehead atoms. The van der Waals surface area contributed by atoms with Crippen LogP contribution in [0.1, 0.15) is 30.8 Å². The second-order valence-electron chi connectivity index (χ2n) is 6.68. The first kappa shape index (κ1) is 19.3. The van der Waals surface area contributed by atoms with E-state index in [1.165, 1.54) is 12.1 Å². The number of carbonyl (C=O) groups is 1. The summed E-state index contributed by atoms with van der Waals surface area (Å²) in [5.74, 6) is 0.897. The van der Waals surface area contributed by atoms with Crippen LogP contribution < -0.4 is 5.32 Å². The van der Waals surface area contributed by atoms with Crippen LogP contribution in [0, 0.1) is 10.1 Å². The minimum absolute atomic E-state index is 0.0176. The molecule has 0 aliphatic carbocycles. The van der Waals surface area contributed by atoms with Gasteiger partial charge in [-0.2, -0.15) is 0 Å². The maximum Gasteiger partial charge on any atom is 0.317 e. The van der Waals surface area contributed by atoms with E-state index in [0.29, 0.717) is 12.1 Å². The molecule has 0 aliphatic rings. The van der Waals surface area contributed by atoms with Crippen LogP contribution in [0.3, 0.4) is 0 Å². The highest BCUT2D eigenvalue weighted by Gasteiger charge is 2.19. The van der Waals surface area contributed by atoms with Crippen molar-refractivity contribution in [2.75, 3.05) is 13.6 Å². The number of hydrogen-bond acceptors (Lipinski definition) is 4. The SMILES string of the molecule is C[C@@H](c1cccc([N+](=O)[O-])c1)N(C)C(=O)NCCCc1nc2ccccc2[nH]1. The monoisotopic (exact) mass is 381 g/mol. The van der Waals surface area contributed by atoms with Crippen molar-refractivity contribution in [1.29, 1.82) is 0 Å². The molecule has 2 aromatic carbocycles. The number of aromatic nitrogens is 2. The maximum absolute atomic E-state index is 12.4. The normalized spacial score (nSPS) is 11.9. The van der Waals surface area contributed by atoms with Crippen LogP contribution in [0.5, 0.6) is 0 Å². The standard InChI is InChI=1S/C20H23N5O3/c1-14(15-7-5-8-16(13-15)25(27)28)24(2)20(26)21-12-6-11-19-22-17-9-3-4-10-18(17)23-19/h3-5,7-10,13-14H,6,11-12H2,1-2H3,(H,21,26)(H,22,23)/t14-/m0/s1. The Morgan fingerprint density at radius 1 is 1.29 bits per heavy atom. The summed E-state index contributed by atoms with van der Waals surface area (Å²) in [6.45, 7) is 2.36. The van der Waals surface area contributed by atoms with E-state index >= 15 is 0 Å². The molecule has 8 heteroatoms. The van der Waals surface area contributed by atoms with E-state index in [9.17, 15) is 14.9 Å². The molecule has 146 valence electrons. The van der Waals surface area contributed by atoms with Gasteiger partial charge in [0, 0.05) is 32.1 Å². The van der Waals surface area contributed by atoms with Crippen LogP contribution in [-0.2, 0) is 6.42 Å². The number of para-hydroxylation sites is 2. The lowest BCUT2D eigenvalue weighted by atomic mass is 10.1. The number of nitrogens with zero attached hydrogens (tertiary/aromatic N) is 3. The zero-order valence-electron chi connectivity index (χ0n) is 15.9. The fourth-order valence-corrected chi connectivity index (χ4v) is 3.00.